The van der Waals surface area contributed by atoms with Crippen LogP contribution in [0.3, 0.4) is 0 Å². The number of amides is 2. The second-order valence-corrected chi connectivity index (χ2v) is 5.21. The third-order valence-electron chi connectivity index (χ3n) is 2.67. The SMILES string of the molecule is CCNC(=O)N(CC)SC1CCCCC1. The van der Waals surface area contributed by atoms with Gasteiger partial charge in [0, 0.05) is 18.3 Å². The molecule has 0 spiro atoms. The molecule has 1 aliphatic rings. The largest absolute Gasteiger partial charge is 0.338 e. The zero-order valence-electron chi connectivity index (χ0n) is 9.79. The van der Waals surface area contributed by atoms with Gasteiger partial charge in [-0.3, -0.25) is 4.31 Å². The lowest BCUT2D eigenvalue weighted by atomic mass is 10.0. The Labute approximate surface area is 97.1 Å². The number of carbonyl (C=O) groups excluding carboxylic acids is 1. The van der Waals surface area contributed by atoms with Crippen molar-refractivity contribution in [2.24, 2.45) is 0 Å². The first-order valence-corrected chi connectivity index (χ1v) is 6.83. The fourth-order valence-corrected chi connectivity index (χ4v) is 3.07. The molecule has 2 amide bonds. The number of hydrogen-bond donors (Lipinski definition) is 1. The zero-order valence-corrected chi connectivity index (χ0v) is 10.6. The number of urea groups is 1. The number of nitrogens with one attached hydrogen (secondary N) is 1. The highest BCUT2D eigenvalue weighted by Gasteiger charge is 2.20. The summed E-state index contributed by atoms with van der Waals surface area (Å²) in [5, 5.41) is 3.51. The Hall–Kier alpha value is -0.380. The molecule has 0 bridgehead atoms. The molecule has 0 aromatic rings. The van der Waals surface area contributed by atoms with Gasteiger partial charge in [0.2, 0.25) is 0 Å². The Balaban J connectivity index is 2.34. The fourth-order valence-electron chi connectivity index (χ4n) is 1.86. The maximum atomic E-state index is 11.6. The number of carbonyl (C=O) groups is 1. The molecule has 0 saturated heterocycles. The minimum atomic E-state index is 0.0653. The Morgan fingerprint density at radius 1 is 1.33 bits per heavy atom. The van der Waals surface area contributed by atoms with Gasteiger partial charge in [-0.1, -0.05) is 19.3 Å². The van der Waals surface area contributed by atoms with Crippen LogP contribution >= 0.6 is 11.9 Å². The van der Waals surface area contributed by atoms with Crippen LogP contribution in [0.2, 0.25) is 0 Å². The highest BCUT2D eigenvalue weighted by molar-refractivity contribution is 7.98. The van der Waals surface area contributed by atoms with Crippen molar-refractivity contribution in [2.45, 2.75) is 51.2 Å². The van der Waals surface area contributed by atoms with Crippen LogP contribution in [0.25, 0.3) is 0 Å². The van der Waals surface area contributed by atoms with Crippen molar-refractivity contribution in [1.29, 1.82) is 0 Å². The van der Waals surface area contributed by atoms with Gasteiger partial charge in [0.1, 0.15) is 0 Å². The lowest BCUT2D eigenvalue weighted by molar-refractivity contribution is 0.227. The maximum absolute atomic E-state index is 11.6. The molecule has 0 aliphatic heterocycles. The summed E-state index contributed by atoms with van der Waals surface area (Å²) >= 11 is 1.74. The summed E-state index contributed by atoms with van der Waals surface area (Å²) < 4.78 is 1.86. The molecule has 0 unspecified atom stereocenters. The molecule has 1 fully saturated rings. The number of nitrogens with zero attached hydrogens (tertiary/aromatic N) is 1. The first-order chi connectivity index (χ1) is 7.27. The Kier molecular flexibility index (Phi) is 5.91. The molecule has 0 aromatic heterocycles. The Bertz CT molecular complexity index is 193. The van der Waals surface area contributed by atoms with Gasteiger partial charge in [-0.2, -0.15) is 0 Å². The van der Waals surface area contributed by atoms with Crippen LogP contribution < -0.4 is 5.32 Å². The molecule has 3 nitrogen and oxygen atoms in total. The van der Waals surface area contributed by atoms with Crippen LogP contribution in [0.5, 0.6) is 0 Å². The first kappa shape index (κ1) is 12.7. The number of rotatable bonds is 4. The van der Waals surface area contributed by atoms with E-state index < -0.39 is 0 Å². The second-order valence-electron chi connectivity index (χ2n) is 3.90. The highest BCUT2D eigenvalue weighted by atomic mass is 32.2. The average molecular weight is 230 g/mol. The summed E-state index contributed by atoms with van der Waals surface area (Å²) in [7, 11) is 0. The van der Waals surface area contributed by atoms with Crippen molar-refractivity contribution in [2.75, 3.05) is 13.1 Å². The molecule has 0 heterocycles. The van der Waals surface area contributed by atoms with E-state index in [9.17, 15) is 4.79 Å². The molecule has 1 rings (SSSR count). The summed E-state index contributed by atoms with van der Waals surface area (Å²) in [6.07, 6.45) is 6.54. The summed E-state index contributed by atoms with van der Waals surface area (Å²) in [6.45, 7) is 5.48. The summed E-state index contributed by atoms with van der Waals surface area (Å²) in [5.74, 6) is 0. The van der Waals surface area contributed by atoms with E-state index in [1.54, 1.807) is 11.9 Å². The molecule has 0 radical (unpaired) electrons. The minimum absolute atomic E-state index is 0.0653. The smallest absolute Gasteiger partial charge is 0.327 e. The summed E-state index contributed by atoms with van der Waals surface area (Å²) in [5.41, 5.74) is 0. The average Bonchev–Trinajstić information content (AvgIpc) is 2.27. The molecule has 15 heavy (non-hydrogen) atoms. The van der Waals surface area contributed by atoms with Crippen molar-refractivity contribution in [3.63, 3.8) is 0 Å². The lowest BCUT2D eigenvalue weighted by Gasteiger charge is -2.27. The predicted molar refractivity (Wildman–Crippen MR) is 65.9 cm³/mol. The van der Waals surface area contributed by atoms with Gasteiger partial charge in [0.05, 0.1) is 0 Å². The molecule has 4 heteroatoms. The van der Waals surface area contributed by atoms with Crippen LogP contribution in [-0.4, -0.2) is 28.7 Å². The van der Waals surface area contributed by atoms with Crippen molar-refractivity contribution in [3.05, 3.63) is 0 Å². The van der Waals surface area contributed by atoms with E-state index in [1.165, 1.54) is 32.1 Å². The summed E-state index contributed by atoms with van der Waals surface area (Å²) in [6, 6.07) is 0.0653. The van der Waals surface area contributed by atoms with Crippen molar-refractivity contribution in [1.82, 2.24) is 9.62 Å². The quantitative estimate of drug-likeness (QED) is 0.753. The lowest BCUT2D eigenvalue weighted by Crippen LogP contribution is -2.36. The Morgan fingerprint density at radius 3 is 2.53 bits per heavy atom. The third kappa shape index (κ3) is 4.33. The Morgan fingerprint density at radius 2 is 2.00 bits per heavy atom. The van der Waals surface area contributed by atoms with E-state index >= 15 is 0 Å². The monoisotopic (exact) mass is 230 g/mol. The molecule has 1 saturated carbocycles. The van der Waals surface area contributed by atoms with Gasteiger partial charge in [-0.15, -0.1) is 0 Å². The topological polar surface area (TPSA) is 32.3 Å². The fraction of sp³-hybridized carbons (Fsp3) is 0.909. The third-order valence-corrected chi connectivity index (χ3v) is 4.12. The van der Waals surface area contributed by atoms with Gasteiger partial charge >= 0.3 is 6.03 Å². The predicted octanol–water partition coefficient (Wildman–Crippen LogP) is 3.02. The van der Waals surface area contributed by atoms with Crippen LogP contribution in [0.4, 0.5) is 4.79 Å². The molecule has 0 aromatic carbocycles. The van der Waals surface area contributed by atoms with Gasteiger partial charge in [0.15, 0.2) is 0 Å². The highest BCUT2D eigenvalue weighted by Crippen LogP contribution is 2.30. The molecular weight excluding hydrogens is 208 g/mol. The van der Waals surface area contributed by atoms with Gasteiger partial charge in [0.25, 0.3) is 0 Å². The second kappa shape index (κ2) is 6.99. The molecule has 1 N–H and O–H groups in total. The summed E-state index contributed by atoms with van der Waals surface area (Å²) in [4.78, 5) is 11.6. The van der Waals surface area contributed by atoms with E-state index in [-0.39, 0.29) is 6.03 Å². The molecule has 88 valence electrons. The van der Waals surface area contributed by atoms with E-state index in [2.05, 4.69) is 5.32 Å². The molecule has 0 atom stereocenters. The zero-order chi connectivity index (χ0) is 11.1. The molecule has 1 aliphatic carbocycles. The minimum Gasteiger partial charge on any atom is -0.338 e. The van der Waals surface area contributed by atoms with Gasteiger partial charge in [-0.25, -0.2) is 4.79 Å². The maximum Gasteiger partial charge on any atom is 0.327 e. The molecular formula is C11H22N2OS. The van der Waals surface area contributed by atoms with E-state index in [0.717, 1.165) is 6.54 Å². The van der Waals surface area contributed by atoms with Crippen LogP contribution in [0, 0.1) is 0 Å². The van der Waals surface area contributed by atoms with Crippen LogP contribution in [0.15, 0.2) is 0 Å². The van der Waals surface area contributed by atoms with E-state index in [4.69, 9.17) is 0 Å². The van der Waals surface area contributed by atoms with Crippen molar-refractivity contribution in [3.8, 4) is 0 Å². The van der Waals surface area contributed by atoms with E-state index in [1.807, 2.05) is 18.2 Å². The van der Waals surface area contributed by atoms with Gasteiger partial charge in [-0.05, 0) is 38.6 Å². The van der Waals surface area contributed by atoms with E-state index in [0.29, 0.717) is 11.8 Å². The van der Waals surface area contributed by atoms with Crippen molar-refractivity contribution < 1.29 is 4.79 Å². The van der Waals surface area contributed by atoms with Crippen molar-refractivity contribution >= 4 is 18.0 Å². The number of hydrogen-bond acceptors (Lipinski definition) is 2. The first-order valence-electron chi connectivity index (χ1n) is 6.00. The van der Waals surface area contributed by atoms with Gasteiger partial charge < -0.3 is 5.32 Å². The van der Waals surface area contributed by atoms with Crippen LogP contribution in [-0.2, 0) is 0 Å². The normalized spacial score (nSPS) is 17.5. The standard InChI is InChI=1S/C11H22N2OS/c1-3-12-11(14)13(4-2)15-10-8-6-5-7-9-10/h10H,3-9H2,1-2H3,(H,12,14). The van der Waals surface area contributed by atoms with Crippen LogP contribution in [0.1, 0.15) is 46.0 Å².